The molecule has 5 nitrogen and oxygen atoms in total. The van der Waals surface area contributed by atoms with Crippen molar-refractivity contribution in [3.05, 3.63) is 59.8 Å². The Labute approximate surface area is 139 Å². The lowest BCUT2D eigenvalue weighted by molar-refractivity contribution is -0.115. The first-order valence-corrected chi connectivity index (χ1v) is 7.73. The predicted octanol–water partition coefficient (Wildman–Crippen LogP) is 3.45. The number of benzene rings is 2. The van der Waals surface area contributed by atoms with Gasteiger partial charge in [0.15, 0.2) is 11.5 Å². The number of hydrogen-bond acceptors (Lipinski definition) is 4. The number of hydrogen-bond donors (Lipinski definition) is 1. The van der Waals surface area contributed by atoms with E-state index in [1.54, 1.807) is 6.20 Å². The minimum atomic E-state index is -0.0807. The first kappa shape index (κ1) is 14.5. The lowest BCUT2D eigenvalue weighted by atomic mass is 10.1. The number of nitrogens with zero attached hydrogens (tertiary/aromatic N) is 1. The first-order chi connectivity index (χ1) is 11.7. The fourth-order valence-corrected chi connectivity index (χ4v) is 2.85. The smallest absolute Gasteiger partial charge is 0.231 e. The number of nitrogens with one attached hydrogen (secondary N) is 1. The lowest BCUT2D eigenvalue weighted by Crippen LogP contribution is -2.14. The number of amides is 1. The molecule has 0 atom stereocenters. The fourth-order valence-electron chi connectivity index (χ4n) is 2.85. The van der Waals surface area contributed by atoms with Crippen molar-refractivity contribution in [1.29, 1.82) is 0 Å². The zero-order valence-corrected chi connectivity index (χ0v) is 13.2. The summed E-state index contributed by atoms with van der Waals surface area (Å²) in [6, 6.07) is 13.3. The van der Waals surface area contributed by atoms with Crippen molar-refractivity contribution in [1.82, 2.24) is 4.98 Å². The molecule has 2 heterocycles. The van der Waals surface area contributed by atoms with Crippen LogP contribution in [-0.4, -0.2) is 17.7 Å². The zero-order chi connectivity index (χ0) is 16.5. The molecule has 0 radical (unpaired) electrons. The molecule has 2 aromatic carbocycles. The van der Waals surface area contributed by atoms with Gasteiger partial charge in [0.2, 0.25) is 12.7 Å². The van der Waals surface area contributed by atoms with Gasteiger partial charge < -0.3 is 14.8 Å². The lowest BCUT2D eigenvalue weighted by Gasteiger charge is -2.10. The van der Waals surface area contributed by atoms with Crippen LogP contribution in [0.1, 0.15) is 11.1 Å². The predicted molar refractivity (Wildman–Crippen MR) is 91.4 cm³/mol. The van der Waals surface area contributed by atoms with Crippen LogP contribution in [0.2, 0.25) is 0 Å². The normalized spacial score (nSPS) is 12.4. The Kier molecular flexibility index (Phi) is 3.54. The van der Waals surface area contributed by atoms with E-state index in [4.69, 9.17) is 9.47 Å². The fraction of sp³-hybridized carbons (Fsp3) is 0.158. The molecule has 1 amide bonds. The minimum absolute atomic E-state index is 0.0807. The molecule has 0 unspecified atom stereocenters. The molecule has 0 spiro atoms. The van der Waals surface area contributed by atoms with E-state index in [1.807, 2.05) is 49.4 Å². The molecular formula is C19H16N2O3. The van der Waals surface area contributed by atoms with Crippen LogP contribution in [0.15, 0.2) is 48.7 Å². The zero-order valence-electron chi connectivity index (χ0n) is 13.2. The van der Waals surface area contributed by atoms with Gasteiger partial charge in [0.25, 0.3) is 0 Å². The molecule has 0 aliphatic carbocycles. The highest BCUT2D eigenvalue weighted by Crippen LogP contribution is 2.32. The van der Waals surface area contributed by atoms with Gasteiger partial charge in [0, 0.05) is 11.6 Å². The molecule has 0 saturated heterocycles. The van der Waals surface area contributed by atoms with E-state index in [1.165, 1.54) is 0 Å². The van der Waals surface area contributed by atoms with Gasteiger partial charge in [0.1, 0.15) is 0 Å². The standard InChI is InChI=1S/C19H16N2O3/c1-12-4-6-15(14-3-2-8-20-19(12)14)21-18(22)10-13-5-7-16-17(9-13)24-11-23-16/h2-9H,10-11H2,1H3,(H,21,22). The van der Waals surface area contributed by atoms with Crippen molar-refractivity contribution in [2.24, 2.45) is 0 Å². The second-order valence-corrected chi connectivity index (χ2v) is 5.74. The van der Waals surface area contributed by atoms with Crippen LogP contribution in [0, 0.1) is 6.92 Å². The molecule has 0 saturated carbocycles. The van der Waals surface area contributed by atoms with E-state index >= 15 is 0 Å². The first-order valence-electron chi connectivity index (χ1n) is 7.73. The maximum atomic E-state index is 12.4. The number of aromatic nitrogens is 1. The van der Waals surface area contributed by atoms with Crippen LogP contribution in [-0.2, 0) is 11.2 Å². The topological polar surface area (TPSA) is 60.5 Å². The highest BCUT2D eigenvalue weighted by molar-refractivity contribution is 6.02. The largest absolute Gasteiger partial charge is 0.454 e. The SMILES string of the molecule is Cc1ccc(NC(=O)Cc2ccc3c(c2)OCO3)c2cccnc12. The van der Waals surface area contributed by atoms with Crippen LogP contribution in [0.25, 0.3) is 10.9 Å². The minimum Gasteiger partial charge on any atom is -0.454 e. The van der Waals surface area contributed by atoms with E-state index in [2.05, 4.69) is 10.3 Å². The maximum Gasteiger partial charge on any atom is 0.231 e. The van der Waals surface area contributed by atoms with Crippen molar-refractivity contribution >= 4 is 22.5 Å². The molecule has 1 N–H and O–H groups in total. The van der Waals surface area contributed by atoms with Gasteiger partial charge in [0.05, 0.1) is 17.6 Å². The Morgan fingerprint density at radius 2 is 2.04 bits per heavy atom. The van der Waals surface area contributed by atoms with Gasteiger partial charge in [-0.15, -0.1) is 0 Å². The number of anilines is 1. The van der Waals surface area contributed by atoms with Crippen molar-refractivity contribution in [3.63, 3.8) is 0 Å². The molecule has 1 aliphatic heterocycles. The Balaban J connectivity index is 1.55. The number of pyridine rings is 1. The molecule has 4 rings (SSSR count). The molecule has 120 valence electrons. The quantitative estimate of drug-likeness (QED) is 0.803. The van der Waals surface area contributed by atoms with E-state index in [-0.39, 0.29) is 19.1 Å². The van der Waals surface area contributed by atoms with E-state index < -0.39 is 0 Å². The molecule has 1 aliphatic rings. The number of aryl methyl sites for hydroxylation is 1. The molecule has 24 heavy (non-hydrogen) atoms. The summed E-state index contributed by atoms with van der Waals surface area (Å²) < 4.78 is 10.6. The Bertz CT molecular complexity index is 937. The second-order valence-electron chi connectivity index (χ2n) is 5.74. The molecule has 5 heteroatoms. The van der Waals surface area contributed by atoms with Gasteiger partial charge in [-0.2, -0.15) is 0 Å². The Morgan fingerprint density at radius 1 is 1.17 bits per heavy atom. The summed E-state index contributed by atoms with van der Waals surface area (Å²) in [7, 11) is 0. The number of ether oxygens (including phenoxy) is 2. The summed E-state index contributed by atoms with van der Waals surface area (Å²) in [6.45, 7) is 2.24. The van der Waals surface area contributed by atoms with Gasteiger partial charge in [-0.25, -0.2) is 0 Å². The number of fused-ring (bicyclic) bond motifs is 2. The molecule has 1 aromatic heterocycles. The summed E-state index contributed by atoms with van der Waals surface area (Å²) in [5.41, 5.74) is 3.64. The van der Waals surface area contributed by atoms with Crippen LogP contribution in [0.4, 0.5) is 5.69 Å². The van der Waals surface area contributed by atoms with Gasteiger partial charge in [-0.3, -0.25) is 9.78 Å². The number of carbonyl (C=O) groups is 1. The van der Waals surface area contributed by atoms with Crippen molar-refractivity contribution in [2.75, 3.05) is 12.1 Å². The maximum absolute atomic E-state index is 12.4. The summed E-state index contributed by atoms with van der Waals surface area (Å²) in [5.74, 6) is 1.32. The van der Waals surface area contributed by atoms with Crippen LogP contribution >= 0.6 is 0 Å². The summed E-state index contributed by atoms with van der Waals surface area (Å²) in [6.07, 6.45) is 2.03. The van der Waals surface area contributed by atoms with Crippen LogP contribution < -0.4 is 14.8 Å². The highest BCUT2D eigenvalue weighted by atomic mass is 16.7. The third-order valence-corrected chi connectivity index (χ3v) is 4.05. The number of carbonyl (C=O) groups excluding carboxylic acids is 1. The summed E-state index contributed by atoms with van der Waals surface area (Å²) in [4.78, 5) is 16.8. The summed E-state index contributed by atoms with van der Waals surface area (Å²) in [5, 5.41) is 3.92. The molecule has 0 fully saturated rings. The summed E-state index contributed by atoms with van der Waals surface area (Å²) >= 11 is 0. The van der Waals surface area contributed by atoms with Crippen molar-refractivity contribution in [3.8, 4) is 11.5 Å². The Hall–Kier alpha value is -3.08. The molecular weight excluding hydrogens is 304 g/mol. The van der Waals surface area contributed by atoms with Gasteiger partial charge in [-0.1, -0.05) is 12.1 Å². The number of rotatable bonds is 3. The average Bonchev–Trinajstić information content (AvgIpc) is 3.05. The monoisotopic (exact) mass is 320 g/mol. The van der Waals surface area contributed by atoms with E-state index in [9.17, 15) is 4.79 Å². The second kappa shape index (κ2) is 5.85. The van der Waals surface area contributed by atoms with Crippen molar-refractivity contribution in [2.45, 2.75) is 13.3 Å². The third kappa shape index (κ3) is 2.65. The van der Waals surface area contributed by atoms with Gasteiger partial charge in [-0.05, 0) is 48.4 Å². The third-order valence-electron chi connectivity index (χ3n) is 4.05. The molecule has 0 bridgehead atoms. The Morgan fingerprint density at radius 3 is 2.96 bits per heavy atom. The van der Waals surface area contributed by atoms with Crippen LogP contribution in [0.3, 0.4) is 0 Å². The van der Waals surface area contributed by atoms with Crippen LogP contribution in [0.5, 0.6) is 11.5 Å². The average molecular weight is 320 g/mol. The van der Waals surface area contributed by atoms with Gasteiger partial charge >= 0.3 is 0 Å². The molecule has 3 aromatic rings. The van der Waals surface area contributed by atoms with Crippen molar-refractivity contribution < 1.29 is 14.3 Å². The highest BCUT2D eigenvalue weighted by Gasteiger charge is 2.15. The van der Waals surface area contributed by atoms with E-state index in [0.29, 0.717) is 5.75 Å². The van der Waals surface area contributed by atoms with E-state index in [0.717, 1.165) is 33.5 Å².